The molecule has 0 unspecified atom stereocenters. The van der Waals surface area contributed by atoms with Crippen LogP contribution in [0.1, 0.15) is 5.76 Å². The topological polar surface area (TPSA) is 51.2 Å². The number of furan rings is 1. The lowest BCUT2D eigenvalue weighted by atomic mass is 10.3. The second-order valence-corrected chi connectivity index (χ2v) is 3.66. The first kappa shape index (κ1) is 11.3. The second-order valence-electron chi connectivity index (χ2n) is 3.25. The first-order valence-electron chi connectivity index (χ1n) is 5.09. The summed E-state index contributed by atoms with van der Waals surface area (Å²) in [6.07, 6.45) is 3.28. The average molecular weight is 246 g/mol. The van der Waals surface area contributed by atoms with Gasteiger partial charge in [-0.1, -0.05) is 18.2 Å². The lowest BCUT2D eigenvalue weighted by Gasteiger charge is -2.02. The molecule has 86 valence electrons. The quantitative estimate of drug-likeness (QED) is 0.423. The number of para-hydroxylation sites is 1. The molecule has 0 radical (unpaired) electrons. The van der Waals surface area contributed by atoms with E-state index >= 15 is 0 Å². The molecule has 1 aromatic carbocycles. The molecule has 0 spiro atoms. The van der Waals surface area contributed by atoms with Crippen LogP contribution in [0, 0.1) is 0 Å². The van der Waals surface area contributed by atoms with E-state index in [0.717, 1.165) is 11.4 Å². The summed E-state index contributed by atoms with van der Waals surface area (Å²) < 4.78 is 5.11. The van der Waals surface area contributed by atoms with Crippen molar-refractivity contribution in [3.8, 4) is 0 Å². The van der Waals surface area contributed by atoms with E-state index in [1.54, 1.807) is 12.5 Å². The Morgan fingerprint density at radius 2 is 2.00 bits per heavy atom. The van der Waals surface area contributed by atoms with Gasteiger partial charge in [0.2, 0.25) is 11.3 Å². The van der Waals surface area contributed by atoms with Crippen LogP contribution in [0.25, 0.3) is 0 Å². The van der Waals surface area contributed by atoms with Crippen LogP contribution < -0.4 is 15.8 Å². The van der Waals surface area contributed by atoms with E-state index in [9.17, 15) is 0 Å². The standard InChI is InChI=1S/C12H11N3OS/c17-12(14-10-5-2-1-3-6-10)15-13-9-11-7-4-8-16-11/h1-9H,(H2,14,15,17)/p+1. The Hall–Kier alpha value is -2.14. The number of nitrogens with one attached hydrogen (secondary N) is 3. The number of hydrazone groups is 1. The summed E-state index contributed by atoms with van der Waals surface area (Å²) in [6, 6.07) is 13.3. The summed E-state index contributed by atoms with van der Waals surface area (Å²) in [5.41, 5.74) is 3.76. The Balaban J connectivity index is 1.82. The van der Waals surface area contributed by atoms with Gasteiger partial charge in [0.05, 0.1) is 6.26 Å². The lowest BCUT2D eigenvalue weighted by Crippen LogP contribution is -2.82. The predicted molar refractivity (Wildman–Crippen MR) is 70.6 cm³/mol. The molecule has 0 bridgehead atoms. The molecule has 1 heterocycles. The Bertz CT molecular complexity index is 494. The predicted octanol–water partition coefficient (Wildman–Crippen LogP) is 0.681. The molecule has 17 heavy (non-hydrogen) atoms. The summed E-state index contributed by atoms with van der Waals surface area (Å²) in [6.45, 7) is 0. The monoisotopic (exact) mass is 246 g/mol. The minimum absolute atomic E-state index is 0.485. The van der Waals surface area contributed by atoms with Crippen molar-refractivity contribution in [1.29, 1.82) is 0 Å². The van der Waals surface area contributed by atoms with Crippen molar-refractivity contribution in [2.24, 2.45) is 0 Å². The zero-order valence-electron chi connectivity index (χ0n) is 9.01. The highest BCUT2D eigenvalue weighted by Gasteiger charge is 1.98. The van der Waals surface area contributed by atoms with Gasteiger partial charge in [0.25, 0.3) is 0 Å². The lowest BCUT2D eigenvalue weighted by molar-refractivity contribution is -0.499. The third-order valence-electron chi connectivity index (χ3n) is 1.97. The van der Waals surface area contributed by atoms with E-state index < -0.39 is 0 Å². The van der Waals surface area contributed by atoms with Crippen LogP contribution in [-0.2, 0) is 0 Å². The van der Waals surface area contributed by atoms with Crippen LogP contribution in [0.5, 0.6) is 0 Å². The van der Waals surface area contributed by atoms with E-state index in [4.69, 9.17) is 16.6 Å². The van der Waals surface area contributed by atoms with E-state index in [2.05, 4.69) is 15.8 Å². The van der Waals surface area contributed by atoms with Gasteiger partial charge in [-0.05, 0) is 36.5 Å². The molecule has 5 heteroatoms. The maximum Gasteiger partial charge on any atom is 0.233 e. The highest BCUT2D eigenvalue weighted by molar-refractivity contribution is 7.80. The number of thiocarbonyl (C=S) groups is 1. The van der Waals surface area contributed by atoms with Crippen LogP contribution in [0.15, 0.2) is 53.1 Å². The van der Waals surface area contributed by atoms with Crippen LogP contribution in [0.4, 0.5) is 5.69 Å². The molecule has 2 rings (SSSR count). The third-order valence-corrected chi connectivity index (χ3v) is 2.18. The van der Waals surface area contributed by atoms with Gasteiger partial charge in [0.15, 0.2) is 5.76 Å². The summed E-state index contributed by atoms with van der Waals surface area (Å²) in [5.74, 6) is 0.722. The Kier molecular flexibility index (Phi) is 3.88. The van der Waals surface area contributed by atoms with Gasteiger partial charge < -0.3 is 9.73 Å². The SMILES string of the molecule is S=C(N[NH+]=Cc1ccco1)Nc1ccccc1. The van der Waals surface area contributed by atoms with Gasteiger partial charge in [-0.15, -0.1) is 10.5 Å². The fourth-order valence-electron chi connectivity index (χ4n) is 1.23. The molecule has 0 atom stereocenters. The van der Waals surface area contributed by atoms with Crippen molar-refractivity contribution >= 4 is 29.2 Å². The Morgan fingerprint density at radius 1 is 1.18 bits per heavy atom. The molecular weight excluding hydrogens is 234 g/mol. The van der Waals surface area contributed by atoms with Gasteiger partial charge in [0, 0.05) is 5.69 Å². The molecular formula is C12H12N3OS+. The van der Waals surface area contributed by atoms with Gasteiger partial charge in [-0.3, -0.25) is 0 Å². The number of benzene rings is 1. The summed E-state index contributed by atoms with van der Waals surface area (Å²) in [4.78, 5) is 0. The molecule has 0 aliphatic rings. The van der Waals surface area contributed by atoms with Crippen molar-refractivity contribution < 1.29 is 9.52 Å². The van der Waals surface area contributed by atoms with Crippen molar-refractivity contribution in [3.05, 3.63) is 54.5 Å². The van der Waals surface area contributed by atoms with E-state index in [1.807, 2.05) is 42.5 Å². The summed E-state index contributed by atoms with van der Waals surface area (Å²) in [7, 11) is 0. The maximum absolute atomic E-state index is 5.11. The zero-order valence-corrected chi connectivity index (χ0v) is 9.83. The van der Waals surface area contributed by atoms with Gasteiger partial charge in [-0.25, -0.2) is 0 Å². The largest absolute Gasteiger partial charge is 0.459 e. The molecule has 0 fully saturated rings. The molecule has 0 aliphatic carbocycles. The zero-order chi connectivity index (χ0) is 11.9. The van der Waals surface area contributed by atoms with Crippen LogP contribution in [0.3, 0.4) is 0 Å². The molecule has 0 amide bonds. The molecule has 0 aliphatic heterocycles. The third kappa shape index (κ3) is 3.73. The smallest absolute Gasteiger partial charge is 0.233 e. The summed E-state index contributed by atoms with van der Waals surface area (Å²) >= 11 is 5.10. The van der Waals surface area contributed by atoms with Gasteiger partial charge >= 0.3 is 0 Å². The highest BCUT2D eigenvalue weighted by atomic mass is 32.1. The Labute approximate surface area is 104 Å². The van der Waals surface area contributed by atoms with Crippen molar-refractivity contribution in [2.75, 3.05) is 5.32 Å². The summed E-state index contributed by atoms with van der Waals surface area (Å²) in [5, 5.41) is 6.35. The van der Waals surface area contributed by atoms with Crippen molar-refractivity contribution in [2.45, 2.75) is 0 Å². The van der Waals surface area contributed by atoms with Crippen LogP contribution in [0.2, 0.25) is 0 Å². The first-order valence-corrected chi connectivity index (χ1v) is 5.50. The molecule has 0 saturated carbocycles. The van der Waals surface area contributed by atoms with Crippen molar-refractivity contribution in [1.82, 2.24) is 5.43 Å². The number of anilines is 1. The van der Waals surface area contributed by atoms with Crippen LogP contribution >= 0.6 is 12.2 Å². The normalized spacial score (nSPS) is 10.4. The van der Waals surface area contributed by atoms with E-state index in [-0.39, 0.29) is 0 Å². The number of hydrogen-bond donors (Lipinski definition) is 3. The maximum atomic E-state index is 5.11. The molecule has 4 nitrogen and oxygen atoms in total. The fraction of sp³-hybridized carbons (Fsp3) is 0. The molecule has 0 saturated heterocycles. The minimum Gasteiger partial charge on any atom is -0.459 e. The van der Waals surface area contributed by atoms with E-state index in [1.165, 1.54) is 0 Å². The van der Waals surface area contributed by atoms with Gasteiger partial charge in [0.1, 0.15) is 0 Å². The first-order chi connectivity index (χ1) is 8.34. The van der Waals surface area contributed by atoms with Crippen molar-refractivity contribution in [3.63, 3.8) is 0 Å². The molecule has 1 aromatic heterocycles. The molecule has 2 aromatic rings. The number of hydrazine groups is 1. The number of hydrogen-bond acceptors (Lipinski definition) is 2. The average Bonchev–Trinajstić information content (AvgIpc) is 2.83. The van der Waals surface area contributed by atoms with Gasteiger partial charge in [-0.2, -0.15) is 0 Å². The second kappa shape index (κ2) is 5.81. The Morgan fingerprint density at radius 3 is 2.71 bits per heavy atom. The number of rotatable bonds is 3. The molecule has 3 N–H and O–H groups in total. The van der Waals surface area contributed by atoms with Crippen LogP contribution in [-0.4, -0.2) is 11.3 Å². The highest BCUT2D eigenvalue weighted by Crippen LogP contribution is 2.03. The minimum atomic E-state index is 0.485. The van der Waals surface area contributed by atoms with E-state index in [0.29, 0.717) is 5.11 Å². The fourth-order valence-corrected chi connectivity index (χ4v) is 1.41.